The van der Waals surface area contributed by atoms with Crippen molar-refractivity contribution in [3.8, 4) is 17.1 Å². The number of nitrogen functional groups attached to an aromatic ring is 1. The quantitative estimate of drug-likeness (QED) is 0.266. The van der Waals surface area contributed by atoms with Gasteiger partial charge >= 0.3 is 6.01 Å². The molecule has 2 N–H and O–H groups in total. The molecule has 6 heterocycles. The molecule has 0 saturated carbocycles. The van der Waals surface area contributed by atoms with E-state index in [0.29, 0.717) is 63.4 Å². The van der Waals surface area contributed by atoms with Crippen molar-refractivity contribution < 1.29 is 27.4 Å². The van der Waals surface area contributed by atoms with Crippen LogP contribution in [0.5, 0.6) is 6.01 Å². The molecule has 0 bridgehead atoms. The first-order chi connectivity index (χ1) is 23.1. The Morgan fingerprint density at radius 3 is 2.85 bits per heavy atom. The molecule has 8 rings (SSSR count). The molecule has 252 valence electrons. The Bertz CT molecular complexity index is 1970. The van der Waals surface area contributed by atoms with Gasteiger partial charge in [-0.2, -0.15) is 9.97 Å². The van der Waals surface area contributed by atoms with Crippen molar-refractivity contribution in [2.24, 2.45) is 0 Å². The van der Waals surface area contributed by atoms with E-state index in [0.717, 1.165) is 30.7 Å². The number of ether oxygens (including phenoxy) is 2. The lowest BCUT2D eigenvalue weighted by Gasteiger charge is -2.48. The van der Waals surface area contributed by atoms with Crippen LogP contribution in [0.4, 0.5) is 24.1 Å². The summed E-state index contributed by atoms with van der Waals surface area (Å²) in [5.41, 5.74) is 5.20. The fourth-order valence-electron chi connectivity index (χ4n) is 8.10. The molecule has 2 aromatic carbocycles. The summed E-state index contributed by atoms with van der Waals surface area (Å²) in [6, 6.07) is 4.19. The summed E-state index contributed by atoms with van der Waals surface area (Å²) in [4.78, 5) is 32.5. The van der Waals surface area contributed by atoms with Crippen molar-refractivity contribution in [1.82, 2.24) is 24.8 Å². The minimum absolute atomic E-state index is 0.00578. The SMILES string of the molecule is C=CC(=O)N1CCN(c2nc(OC[C@@]34CCCN3C[C@H](F)C4)nc3c(F)c(-c4ccc(F)c5sc(N)nc45)c(Cl)cc23)C[C@]12CCOC2. The number of rotatable bonds is 6. The van der Waals surface area contributed by atoms with Crippen molar-refractivity contribution in [3.63, 3.8) is 0 Å². The maximum absolute atomic E-state index is 17.0. The first-order valence-electron chi connectivity index (χ1n) is 15.9. The highest BCUT2D eigenvalue weighted by molar-refractivity contribution is 7.22. The molecular weight excluding hydrogens is 667 g/mol. The fraction of sp³-hybridized carbons (Fsp3) is 0.455. The molecule has 4 aliphatic heterocycles. The average Bonchev–Trinajstić information content (AvgIpc) is 3.84. The Labute approximate surface area is 283 Å². The molecule has 2 aromatic heterocycles. The van der Waals surface area contributed by atoms with Crippen LogP contribution in [0.25, 0.3) is 32.2 Å². The number of thiazole rings is 1. The third-order valence-electron chi connectivity index (χ3n) is 10.3. The number of piperazine rings is 1. The van der Waals surface area contributed by atoms with Gasteiger partial charge in [-0.25, -0.2) is 18.2 Å². The predicted octanol–water partition coefficient (Wildman–Crippen LogP) is 5.37. The van der Waals surface area contributed by atoms with Gasteiger partial charge in [0.2, 0.25) is 5.91 Å². The van der Waals surface area contributed by atoms with Crippen LogP contribution in [-0.2, 0) is 9.53 Å². The topological polar surface area (TPSA) is 110 Å². The second kappa shape index (κ2) is 11.7. The van der Waals surface area contributed by atoms with Gasteiger partial charge in [-0.3, -0.25) is 9.69 Å². The number of hydrogen-bond acceptors (Lipinski definition) is 10. The molecule has 4 saturated heterocycles. The van der Waals surface area contributed by atoms with Crippen molar-refractivity contribution >= 4 is 60.9 Å². The average molecular weight is 700 g/mol. The van der Waals surface area contributed by atoms with E-state index in [9.17, 15) is 13.6 Å². The largest absolute Gasteiger partial charge is 0.461 e. The van der Waals surface area contributed by atoms with E-state index in [4.69, 9.17) is 31.8 Å². The van der Waals surface area contributed by atoms with E-state index < -0.39 is 28.9 Å². The molecule has 1 amide bonds. The van der Waals surface area contributed by atoms with Crippen LogP contribution in [0.1, 0.15) is 25.7 Å². The van der Waals surface area contributed by atoms with Crippen LogP contribution in [0.3, 0.4) is 0 Å². The molecule has 15 heteroatoms. The van der Waals surface area contributed by atoms with E-state index in [-0.39, 0.29) is 55.5 Å². The standard InChI is InChI=1S/C33H33ClF3N7O3S/c1-2-23(45)44-10-9-42(15-33(44)7-11-46-16-33)29-20-12-21(34)24(19-4-5-22(36)28-27(19)39-30(38)48-28)25(37)26(20)40-31(41-29)47-17-32-6-3-8-43(32)14-18(35)13-32/h2,4-5,12,18H,1,3,6-11,13-17H2,(H2,38,39)/t18-,32+,33+/m1/s1. The van der Waals surface area contributed by atoms with Crippen molar-refractivity contribution in [2.75, 3.05) is 63.2 Å². The van der Waals surface area contributed by atoms with Gasteiger partial charge in [-0.15, -0.1) is 0 Å². The molecule has 0 radical (unpaired) electrons. The van der Waals surface area contributed by atoms with Gasteiger partial charge in [0.25, 0.3) is 0 Å². The smallest absolute Gasteiger partial charge is 0.319 e. The van der Waals surface area contributed by atoms with Crippen LogP contribution in [0.2, 0.25) is 5.02 Å². The number of carbonyl (C=O) groups is 1. The van der Waals surface area contributed by atoms with Gasteiger partial charge < -0.3 is 25.0 Å². The maximum atomic E-state index is 17.0. The molecule has 3 atom stereocenters. The Kier molecular flexibility index (Phi) is 7.70. The molecule has 0 aliphatic carbocycles. The van der Waals surface area contributed by atoms with Crippen LogP contribution < -0.4 is 15.4 Å². The number of aromatic nitrogens is 3. The summed E-state index contributed by atoms with van der Waals surface area (Å²) >= 11 is 7.81. The molecule has 0 unspecified atom stereocenters. The zero-order valence-electron chi connectivity index (χ0n) is 26.0. The number of hydrogen-bond donors (Lipinski definition) is 1. The van der Waals surface area contributed by atoms with E-state index in [1.54, 1.807) is 11.0 Å². The maximum Gasteiger partial charge on any atom is 0.319 e. The lowest BCUT2D eigenvalue weighted by Crippen LogP contribution is -2.64. The number of nitrogens with two attached hydrogens (primary N) is 1. The first kappa shape index (κ1) is 31.5. The Hall–Kier alpha value is -3.72. The second-order valence-electron chi connectivity index (χ2n) is 13.1. The van der Waals surface area contributed by atoms with Crippen LogP contribution in [0.15, 0.2) is 30.9 Å². The number of amides is 1. The lowest BCUT2D eigenvalue weighted by atomic mass is 9.92. The normalized spacial score (nSPS) is 25.9. The summed E-state index contributed by atoms with van der Waals surface area (Å²) in [5, 5.41) is 0.529. The van der Waals surface area contributed by atoms with Crippen LogP contribution >= 0.6 is 22.9 Å². The molecule has 10 nitrogen and oxygen atoms in total. The van der Waals surface area contributed by atoms with Crippen LogP contribution in [-0.4, -0.2) is 100 Å². The molecular formula is C33H33ClF3N7O3S. The third kappa shape index (κ3) is 4.98. The van der Waals surface area contributed by atoms with Gasteiger partial charge in [0.1, 0.15) is 29.9 Å². The third-order valence-corrected chi connectivity index (χ3v) is 11.5. The highest BCUT2D eigenvalue weighted by Crippen LogP contribution is 2.44. The van der Waals surface area contributed by atoms with Gasteiger partial charge in [0, 0.05) is 55.7 Å². The minimum atomic E-state index is -0.948. The summed E-state index contributed by atoms with van der Waals surface area (Å²) in [6.07, 6.45) is 3.02. The van der Waals surface area contributed by atoms with Crippen molar-refractivity contribution in [1.29, 1.82) is 0 Å². The molecule has 4 aliphatic rings. The molecule has 1 spiro atoms. The van der Waals surface area contributed by atoms with Gasteiger partial charge in [-0.1, -0.05) is 29.5 Å². The van der Waals surface area contributed by atoms with Crippen LogP contribution in [0, 0.1) is 11.6 Å². The number of anilines is 2. The zero-order chi connectivity index (χ0) is 33.4. The highest BCUT2D eigenvalue weighted by Gasteiger charge is 2.50. The first-order valence-corrected chi connectivity index (χ1v) is 17.1. The Balaban J connectivity index is 1.26. The summed E-state index contributed by atoms with van der Waals surface area (Å²) in [5.74, 6) is -1.08. The predicted molar refractivity (Wildman–Crippen MR) is 178 cm³/mol. The number of alkyl halides is 1. The Morgan fingerprint density at radius 1 is 1.21 bits per heavy atom. The van der Waals surface area contributed by atoms with E-state index in [1.807, 2.05) is 4.90 Å². The molecule has 48 heavy (non-hydrogen) atoms. The van der Waals surface area contributed by atoms with E-state index >= 15 is 4.39 Å². The van der Waals surface area contributed by atoms with Crippen molar-refractivity contribution in [3.05, 3.63) is 47.5 Å². The fourth-order valence-corrected chi connectivity index (χ4v) is 9.16. The van der Waals surface area contributed by atoms with E-state index in [2.05, 4.69) is 21.4 Å². The highest BCUT2D eigenvalue weighted by atomic mass is 35.5. The summed E-state index contributed by atoms with van der Waals surface area (Å²) in [7, 11) is 0. The number of benzene rings is 2. The summed E-state index contributed by atoms with van der Waals surface area (Å²) < 4.78 is 58.4. The molecule has 4 aromatic rings. The minimum Gasteiger partial charge on any atom is -0.461 e. The number of fused-ring (bicyclic) bond motifs is 3. The second-order valence-corrected chi connectivity index (χ2v) is 14.5. The monoisotopic (exact) mass is 699 g/mol. The van der Waals surface area contributed by atoms with Gasteiger partial charge in [0.05, 0.1) is 32.9 Å². The van der Waals surface area contributed by atoms with Gasteiger partial charge in [0.15, 0.2) is 10.9 Å². The lowest BCUT2D eigenvalue weighted by molar-refractivity contribution is -0.133. The number of carbonyl (C=O) groups excluding carboxylic acids is 1. The van der Waals surface area contributed by atoms with E-state index in [1.165, 1.54) is 18.2 Å². The number of nitrogens with zero attached hydrogens (tertiary/aromatic N) is 6. The van der Waals surface area contributed by atoms with Crippen molar-refractivity contribution in [2.45, 2.75) is 42.9 Å². The zero-order valence-corrected chi connectivity index (χ0v) is 27.6. The Morgan fingerprint density at radius 2 is 2.06 bits per heavy atom. The number of halogens is 4. The molecule has 4 fully saturated rings. The summed E-state index contributed by atoms with van der Waals surface area (Å²) in [6.45, 7) is 6.88. The van der Waals surface area contributed by atoms with Gasteiger partial charge in [-0.05, 0) is 50.1 Å².